The molecule has 0 bridgehead atoms. The molecule has 0 atom stereocenters. The number of anilines is 1. The van der Waals surface area contributed by atoms with Gasteiger partial charge in [0.15, 0.2) is 18.1 Å². The number of rotatable bonds is 3. The molecule has 1 aliphatic rings. The highest BCUT2D eigenvalue weighted by molar-refractivity contribution is 6.05. The van der Waals surface area contributed by atoms with Crippen molar-refractivity contribution in [2.75, 3.05) is 25.2 Å². The van der Waals surface area contributed by atoms with Gasteiger partial charge < -0.3 is 9.47 Å². The minimum absolute atomic E-state index is 0.104. The third kappa shape index (κ3) is 2.13. The Morgan fingerprint density at radius 1 is 1.58 bits per heavy atom. The van der Waals surface area contributed by atoms with E-state index in [1.165, 1.54) is 18.9 Å². The van der Waals surface area contributed by atoms with Gasteiger partial charge >= 0.3 is 0 Å². The maximum Gasteiger partial charge on any atom is 0.265 e. The van der Waals surface area contributed by atoms with Gasteiger partial charge in [-0.2, -0.15) is 0 Å². The van der Waals surface area contributed by atoms with E-state index in [2.05, 4.69) is 5.92 Å². The van der Waals surface area contributed by atoms with Crippen LogP contribution in [0.15, 0.2) is 12.1 Å². The van der Waals surface area contributed by atoms with Crippen LogP contribution in [0.5, 0.6) is 11.5 Å². The van der Waals surface area contributed by atoms with Crippen LogP contribution in [0, 0.1) is 12.3 Å². The highest BCUT2D eigenvalue weighted by Crippen LogP contribution is 2.42. The Morgan fingerprint density at radius 2 is 2.32 bits per heavy atom. The normalized spacial score (nSPS) is 13.3. The maximum atomic E-state index is 11.9. The van der Waals surface area contributed by atoms with Gasteiger partial charge in [-0.3, -0.25) is 14.5 Å². The van der Waals surface area contributed by atoms with Gasteiger partial charge in [-0.15, -0.1) is 6.42 Å². The van der Waals surface area contributed by atoms with Crippen LogP contribution >= 0.6 is 0 Å². The Labute approximate surface area is 111 Å². The number of hydrogen-bond donors (Lipinski definition) is 0. The zero-order valence-electron chi connectivity index (χ0n) is 10.7. The molecule has 19 heavy (non-hydrogen) atoms. The van der Waals surface area contributed by atoms with Crippen LogP contribution in [0.4, 0.5) is 5.69 Å². The summed E-state index contributed by atoms with van der Waals surface area (Å²) in [5.74, 6) is 2.81. The summed E-state index contributed by atoms with van der Waals surface area (Å²) in [5, 5.41) is 0. The van der Waals surface area contributed by atoms with Gasteiger partial charge in [-0.25, -0.2) is 0 Å². The van der Waals surface area contributed by atoms with E-state index in [4.69, 9.17) is 15.9 Å². The number of ether oxygens (including phenoxy) is 2. The molecule has 1 aromatic carbocycles. The Balaban J connectivity index is 2.67. The number of Topliss-reactive ketones (excluding diaryl/α,β-unsaturated/α-hetero) is 1. The fourth-order valence-electron chi connectivity index (χ4n) is 1.99. The van der Waals surface area contributed by atoms with E-state index in [0.717, 1.165) is 0 Å². The fraction of sp³-hybridized carbons (Fsp3) is 0.286. The van der Waals surface area contributed by atoms with Crippen LogP contribution < -0.4 is 14.4 Å². The molecule has 0 unspecified atom stereocenters. The Morgan fingerprint density at radius 3 is 2.89 bits per heavy atom. The smallest absolute Gasteiger partial charge is 0.265 e. The van der Waals surface area contributed by atoms with Gasteiger partial charge in [0.05, 0.1) is 19.2 Å². The molecule has 1 heterocycles. The van der Waals surface area contributed by atoms with E-state index >= 15 is 0 Å². The third-order valence-corrected chi connectivity index (χ3v) is 2.85. The molecule has 0 N–H and O–H groups in total. The van der Waals surface area contributed by atoms with E-state index in [1.807, 2.05) is 0 Å². The molecule has 98 valence electrons. The summed E-state index contributed by atoms with van der Waals surface area (Å²) in [4.78, 5) is 24.9. The van der Waals surface area contributed by atoms with Gasteiger partial charge in [-0.1, -0.05) is 5.92 Å². The molecule has 0 spiro atoms. The van der Waals surface area contributed by atoms with Gasteiger partial charge in [0.1, 0.15) is 11.4 Å². The minimum atomic E-state index is -0.260. The summed E-state index contributed by atoms with van der Waals surface area (Å²) in [7, 11) is 1.48. The Kier molecular flexibility index (Phi) is 3.43. The SMILES string of the molecule is C#CCN1C(=O)COc2c(C(C)=O)ccc(OC)c21. The number of methoxy groups -OCH3 is 1. The van der Waals surface area contributed by atoms with Crippen molar-refractivity contribution < 1.29 is 19.1 Å². The second-order valence-electron chi connectivity index (χ2n) is 4.02. The lowest BCUT2D eigenvalue weighted by Crippen LogP contribution is -2.39. The lowest BCUT2D eigenvalue weighted by molar-refractivity contribution is -0.121. The molecule has 2 rings (SSSR count). The summed E-state index contributed by atoms with van der Waals surface area (Å²) in [5.41, 5.74) is 0.828. The quantitative estimate of drug-likeness (QED) is 0.605. The number of ketones is 1. The zero-order valence-corrected chi connectivity index (χ0v) is 10.7. The van der Waals surface area contributed by atoms with Gasteiger partial charge in [0.25, 0.3) is 5.91 Å². The number of amides is 1. The number of nitrogens with zero attached hydrogens (tertiary/aromatic N) is 1. The lowest BCUT2D eigenvalue weighted by atomic mass is 10.1. The molecule has 0 saturated carbocycles. The van der Waals surface area contributed by atoms with Crippen LogP contribution in [0.3, 0.4) is 0 Å². The average Bonchev–Trinajstić information content (AvgIpc) is 2.40. The second kappa shape index (κ2) is 5.02. The summed E-state index contributed by atoms with van der Waals surface area (Å²) in [6.07, 6.45) is 5.28. The first kappa shape index (κ1) is 13.0. The highest BCUT2D eigenvalue weighted by atomic mass is 16.5. The standard InChI is InChI=1S/C14H13NO4/c1-4-7-15-12(17)8-19-14-10(9(2)16)5-6-11(18-3)13(14)15/h1,5-6H,7-8H2,2-3H3. The predicted molar refractivity (Wildman–Crippen MR) is 69.7 cm³/mol. The van der Waals surface area contributed by atoms with E-state index < -0.39 is 0 Å². The largest absolute Gasteiger partial charge is 0.494 e. The molecule has 0 fully saturated rings. The minimum Gasteiger partial charge on any atom is -0.494 e. The first-order valence-corrected chi connectivity index (χ1v) is 5.68. The highest BCUT2D eigenvalue weighted by Gasteiger charge is 2.31. The predicted octanol–water partition coefficient (Wildman–Crippen LogP) is 1.26. The summed E-state index contributed by atoms with van der Waals surface area (Å²) in [6, 6.07) is 3.24. The number of carbonyl (C=O) groups is 2. The molecule has 0 saturated heterocycles. The monoisotopic (exact) mass is 259 g/mol. The van der Waals surface area contributed by atoms with Crippen molar-refractivity contribution in [1.29, 1.82) is 0 Å². The van der Waals surface area contributed by atoms with Crippen molar-refractivity contribution in [1.82, 2.24) is 0 Å². The molecule has 1 amide bonds. The molecule has 0 aliphatic carbocycles. The van der Waals surface area contributed by atoms with Crippen molar-refractivity contribution in [3.05, 3.63) is 17.7 Å². The number of carbonyl (C=O) groups excluding carboxylic acids is 2. The number of terminal acetylenes is 1. The third-order valence-electron chi connectivity index (χ3n) is 2.85. The van der Waals surface area contributed by atoms with E-state index in [1.54, 1.807) is 12.1 Å². The van der Waals surface area contributed by atoms with Gasteiger partial charge in [-0.05, 0) is 19.1 Å². The maximum absolute atomic E-state index is 11.9. The molecular formula is C14H13NO4. The van der Waals surface area contributed by atoms with E-state index in [-0.39, 0.29) is 24.8 Å². The summed E-state index contributed by atoms with van der Waals surface area (Å²) in [6.45, 7) is 1.41. The van der Waals surface area contributed by atoms with Crippen molar-refractivity contribution in [3.63, 3.8) is 0 Å². The molecule has 0 aromatic heterocycles. The number of fused-ring (bicyclic) bond motifs is 1. The fourth-order valence-corrected chi connectivity index (χ4v) is 1.99. The molecule has 0 radical (unpaired) electrons. The van der Waals surface area contributed by atoms with Crippen LogP contribution in [0.1, 0.15) is 17.3 Å². The molecule has 5 nitrogen and oxygen atoms in total. The van der Waals surface area contributed by atoms with Crippen LogP contribution in [-0.4, -0.2) is 32.0 Å². The zero-order chi connectivity index (χ0) is 14.0. The van der Waals surface area contributed by atoms with Crippen LogP contribution in [-0.2, 0) is 4.79 Å². The first-order chi connectivity index (χ1) is 9.10. The van der Waals surface area contributed by atoms with Crippen molar-refractivity contribution in [2.24, 2.45) is 0 Å². The number of hydrogen-bond acceptors (Lipinski definition) is 4. The first-order valence-electron chi connectivity index (χ1n) is 5.68. The Bertz CT molecular complexity index is 586. The van der Waals surface area contributed by atoms with Crippen molar-refractivity contribution >= 4 is 17.4 Å². The van der Waals surface area contributed by atoms with E-state index in [0.29, 0.717) is 22.7 Å². The van der Waals surface area contributed by atoms with Gasteiger partial charge in [0, 0.05) is 0 Å². The number of benzene rings is 1. The topological polar surface area (TPSA) is 55.8 Å². The van der Waals surface area contributed by atoms with Crippen molar-refractivity contribution in [2.45, 2.75) is 6.92 Å². The van der Waals surface area contributed by atoms with E-state index in [9.17, 15) is 9.59 Å². The van der Waals surface area contributed by atoms with Crippen molar-refractivity contribution in [3.8, 4) is 23.8 Å². The van der Waals surface area contributed by atoms with Gasteiger partial charge in [0.2, 0.25) is 0 Å². The van der Waals surface area contributed by atoms with Crippen LogP contribution in [0.25, 0.3) is 0 Å². The summed E-state index contributed by atoms with van der Waals surface area (Å²) < 4.78 is 10.6. The molecule has 5 heteroatoms. The Hall–Kier alpha value is -2.48. The molecular weight excluding hydrogens is 246 g/mol. The average molecular weight is 259 g/mol. The van der Waals surface area contributed by atoms with Crippen LogP contribution in [0.2, 0.25) is 0 Å². The molecule has 1 aromatic rings. The molecule has 1 aliphatic heterocycles. The summed E-state index contributed by atoms with van der Waals surface area (Å²) >= 11 is 0. The lowest BCUT2D eigenvalue weighted by Gasteiger charge is -2.30. The second-order valence-corrected chi connectivity index (χ2v) is 4.02.